The standard InChI is InChI=1S/C21H29N5O2.HI/c1-4-22-21(24-13-14-28-18-8-5-16(2)6-9-18)23-12-11-20(27)26-19-10-7-17(3)15-25-19;/h5-10,15H,4,11-14H2,1-3H3,(H2,22,23,24)(H,25,26,27);1H. The maximum absolute atomic E-state index is 12.0. The van der Waals surface area contributed by atoms with Gasteiger partial charge in [-0.2, -0.15) is 0 Å². The smallest absolute Gasteiger partial charge is 0.227 e. The van der Waals surface area contributed by atoms with Crippen molar-refractivity contribution in [1.29, 1.82) is 0 Å². The lowest BCUT2D eigenvalue weighted by Gasteiger charge is -2.12. The summed E-state index contributed by atoms with van der Waals surface area (Å²) in [6.45, 7) is 8.24. The Morgan fingerprint density at radius 1 is 1.07 bits per heavy atom. The third kappa shape index (κ3) is 10.1. The maximum atomic E-state index is 12.0. The van der Waals surface area contributed by atoms with E-state index in [-0.39, 0.29) is 36.3 Å². The molecule has 158 valence electrons. The molecule has 7 nitrogen and oxygen atoms in total. The number of hydrogen-bond donors (Lipinski definition) is 3. The predicted molar refractivity (Wildman–Crippen MR) is 128 cm³/mol. The fraction of sp³-hybridized carbons (Fsp3) is 0.381. The number of aliphatic imine (C=N–C) groups is 1. The number of aryl methyl sites for hydroxylation is 2. The highest BCUT2D eigenvalue weighted by molar-refractivity contribution is 14.0. The molecule has 1 amide bonds. The molecule has 1 heterocycles. The molecule has 0 saturated carbocycles. The molecule has 0 bridgehead atoms. The molecular formula is C21H30IN5O2. The zero-order valence-corrected chi connectivity index (χ0v) is 19.5. The van der Waals surface area contributed by atoms with Crippen molar-refractivity contribution in [1.82, 2.24) is 15.6 Å². The molecular weight excluding hydrogens is 481 g/mol. The summed E-state index contributed by atoms with van der Waals surface area (Å²) in [5.74, 6) is 1.95. The van der Waals surface area contributed by atoms with Gasteiger partial charge in [-0.05, 0) is 44.5 Å². The van der Waals surface area contributed by atoms with E-state index in [0.29, 0.717) is 31.5 Å². The Morgan fingerprint density at radius 3 is 2.45 bits per heavy atom. The Bertz CT molecular complexity index is 764. The van der Waals surface area contributed by atoms with Gasteiger partial charge < -0.3 is 20.7 Å². The number of benzene rings is 1. The lowest BCUT2D eigenvalue weighted by Crippen LogP contribution is -2.39. The fourth-order valence-electron chi connectivity index (χ4n) is 2.33. The van der Waals surface area contributed by atoms with Crippen LogP contribution >= 0.6 is 24.0 Å². The van der Waals surface area contributed by atoms with Crippen LogP contribution in [-0.4, -0.2) is 43.1 Å². The molecule has 0 aliphatic carbocycles. The van der Waals surface area contributed by atoms with Crippen molar-refractivity contribution in [2.75, 3.05) is 31.6 Å². The normalized spacial score (nSPS) is 10.7. The topological polar surface area (TPSA) is 87.6 Å². The highest BCUT2D eigenvalue weighted by atomic mass is 127. The molecule has 3 N–H and O–H groups in total. The van der Waals surface area contributed by atoms with Gasteiger partial charge in [0, 0.05) is 19.2 Å². The molecule has 0 spiro atoms. The monoisotopic (exact) mass is 511 g/mol. The number of guanidine groups is 1. The summed E-state index contributed by atoms with van der Waals surface area (Å²) in [6, 6.07) is 11.6. The Hall–Kier alpha value is -2.36. The summed E-state index contributed by atoms with van der Waals surface area (Å²) in [4.78, 5) is 20.6. The number of aromatic nitrogens is 1. The minimum atomic E-state index is -0.112. The summed E-state index contributed by atoms with van der Waals surface area (Å²) in [5, 5.41) is 9.13. The van der Waals surface area contributed by atoms with Crippen LogP contribution in [-0.2, 0) is 4.79 Å². The van der Waals surface area contributed by atoms with Crippen LogP contribution in [0, 0.1) is 13.8 Å². The second-order valence-corrected chi connectivity index (χ2v) is 6.37. The highest BCUT2D eigenvalue weighted by Crippen LogP contribution is 2.10. The minimum absolute atomic E-state index is 0. The van der Waals surface area contributed by atoms with Crippen molar-refractivity contribution in [3.05, 3.63) is 53.7 Å². The number of nitrogens with zero attached hydrogens (tertiary/aromatic N) is 2. The van der Waals surface area contributed by atoms with Crippen LogP contribution in [0.4, 0.5) is 5.82 Å². The Kier molecular flexibility index (Phi) is 11.7. The largest absolute Gasteiger partial charge is 0.492 e. The number of rotatable bonds is 9. The van der Waals surface area contributed by atoms with Gasteiger partial charge in [0.25, 0.3) is 0 Å². The van der Waals surface area contributed by atoms with E-state index in [9.17, 15) is 4.79 Å². The van der Waals surface area contributed by atoms with E-state index in [1.54, 1.807) is 12.3 Å². The number of hydrogen-bond acceptors (Lipinski definition) is 4. The average molecular weight is 511 g/mol. The summed E-state index contributed by atoms with van der Waals surface area (Å²) in [6.07, 6.45) is 2.01. The number of halogens is 1. The zero-order chi connectivity index (χ0) is 20.2. The van der Waals surface area contributed by atoms with Crippen molar-refractivity contribution >= 4 is 41.7 Å². The van der Waals surface area contributed by atoms with E-state index in [0.717, 1.165) is 17.9 Å². The number of amides is 1. The lowest BCUT2D eigenvalue weighted by molar-refractivity contribution is -0.116. The van der Waals surface area contributed by atoms with Crippen molar-refractivity contribution in [2.24, 2.45) is 4.99 Å². The van der Waals surface area contributed by atoms with Crippen LogP contribution < -0.4 is 20.7 Å². The number of carbonyl (C=O) groups is 1. The minimum Gasteiger partial charge on any atom is -0.492 e. The van der Waals surface area contributed by atoms with E-state index in [1.807, 2.05) is 51.1 Å². The van der Waals surface area contributed by atoms with Crippen LogP contribution in [0.25, 0.3) is 0 Å². The molecule has 0 saturated heterocycles. The first-order valence-corrected chi connectivity index (χ1v) is 9.51. The molecule has 0 radical (unpaired) electrons. The summed E-state index contributed by atoms with van der Waals surface area (Å²) < 4.78 is 5.69. The van der Waals surface area contributed by atoms with Crippen LogP contribution in [0.3, 0.4) is 0 Å². The second-order valence-electron chi connectivity index (χ2n) is 6.37. The summed E-state index contributed by atoms with van der Waals surface area (Å²) >= 11 is 0. The molecule has 0 unspecified atom stereocenters. The predicted octanol–water partition coefficient (Wildman–Crippen LogP) is 3.28. The van der Waals surface area contributed by atoms with E-state index >= 15 is 0 Å². The molecule has 0 aliphatic rings. The maximum Gasteiger partial charge on any atom is 0.227 e. The van der Waals surface area contributed by atoms with Crippen LogP contribution in [0.15, 0.2) is 47.6 Å². The highest BCUT2D eigenvalue weighted by Gasteiger charge is 2.03. The number of ether oxygens (including phenoxy) is 1. The van der Waals surface area contributed by atoms with Gasteiger partial charge in [0.2, 0.25) is 5.91 Å². The van der Waals surface area contributed by atoms with Gasteiger partial charge >= 0.3 is 0 Å². The number of carbonyl (C=O) groups excluding carboxylic acids is 1. The molecule has 0 aliphatic heterocycles. The molecule has 0 atom stereocenters. The molecule has 0 fully saturated rings. The summed E-state index contributed by atoms with van der Waals surface area (Å²) in [5.41, 5.74) is 2.25. The quantitative estimate of drug-likeness (QED) is 0.208. The Balaban J connectivity index is 0.00000420. The van der Waals surface area contributed by atoms with Gasteiger partial charge in [0.05, 0.1) is 13.1 Å². The first kappa shape index (κ1) is 24.7. The number of anilines is 1. The molecule has 8 heteroatoms. The van der Waals surface area contributed by atoms with Gasteiger partial charge in [-0.15, -0.1) is 24.0 Å². The molecule has 1 aromatic carbocycles. The zero-order valence-electron chi connectivity index (χ0n) is 17.2. The molecule has 2 aromatic rings. The average Bonchev–Trinajstić information content (AvgIpc) is 2.68. The SMILES string of the molecule is CCNC(=NCCC(=O)Nc1ccc(C)cn1)NCCOc1ccc(C)cc1.I. The fourth-order valence-corrected chi connectivity index (χ4v) is 2.33. The third-order valence-electron chi connectivity index (χ3n) is 3.82. The van der Waals surface area contributed by atoms with Crippen LogP contribution in [0.2, 0.25) is 0 Å². The Labute approximate surface area is 189 Å². The number of pyridine rings is 1. The van der Waals surface area contributed by atoms with E-state index in [1.165, 1.54) is 5.56 Å². The molecule has 29 heavy (non-hydrogen) atoms. The van der Waals surface area contributed by atoms with Crippen molar-refractivity contribution in [2.45, 2.75) is 27.2 Å². The Morgan fingerprint density at radius 2 is 1.79 bits per heavy atom. The van der Waals surface area contributed by atoms with E-state index < -0.39 is 0 Å². The van der Waals surface area contributed by atoms with Crippen LogP contribution in [0.5, 0.6) is 5.75 Å². The molecule has 2 rings (SSSR count). The lowest BCUT2D eigenvalue weighted by atomic mass is 10.2. The van der Waals surface area contributed by atoms with Gasteiger partial charge in [-0.1, -0.05) is 23.8 Å². The molecule has 1 aromatic heterocycles. The van der Waals surface area contributed by atoms with Gasteiger partial charge in [0.1, 0.15) is 18.2 Å². The van der Waals surface area contributed by atoms with E-state index in [4.69, 9.17) is 4.74 Å². The first-order valence-electron chi connectivity index (χ1n) is 9.51. The number of nitrogens with one attached hydrogen (secondary N) is 3. The van der Waals surface area contributed by atoms with Gasteiger partial charge in [-0.25, -0.2) is 4.98 Å². The van der Waals surface area contributed by atoms with Crippen LogP contribution in [0.1, 0.15) is 24.5 Å². The van der Waals surface area contributed by atoms with Crippen molar-refractivity contribution in [3.8, 4) is 5.75 Å². The van der Waals surface area contributed by atoms with Crippen molar-refractivity contribution in [3.63, 3.8) is 0 Å². The first-order chi connectivity index (χ1) is 13.6. The summed E-state index contributed by atoms with van der Waals surface area (Å²) in [7, 11) is 0. The second kappa shape index (κ2) is 13.8. The van der Waals surface area contributed by atoms with E-state index in [2.05, 4.69) is 25.9 Å². The van der Waals surface area contributed by atoms with Crippen molar-refractivity contribution < 1.29 is 9.53 Å². The van der Waals surface area contributed by atoms with Gasteiger partial charge in [-0.3, -0.25) is 9.79 Å². The third-order valence-corrected chi connectivity index (χ3v) is 3.82. The van der Waals surface area contributed by atoms with Gasteiger partial charge in [0.15, 0.2) is 5.96 Å².